The number of nitrogens with zero attached hydrogens (tertiary/aromatic N) is 4. The van der Waals surface area contributed by atoms with Crippen molar-refractivity contribution in [1.82, 2.24) is 19.6 Å². The molecule has 3 heterocycles. The molecule has 0 amide bonds. The standard InChI is InChI=1S/C24H23F3N4O2/c1-4-14(10-16-6-7-17(25)12-15(16)5-2)11-20-29-23-18-8-9-19-22(33-24(26,27)32-19)21(18)28-13(3)31(23)30-20/h6-9,12,14H,4-5,10-11H2,1-3H3. The van der Waals surface area contributed by atoms with Crippen LogP contribution in [0.2, 0.25) is 0 Å². The number of halogens is 3. The lowest BCUT2D eigenvalue weighted by atomic mass is 9.90. The van der Waals surface area contributed by atoms with Gasteiger partial charge in [0.2, 0.25) is 0 Å². The summed E-state index contributed by atoms with van der Waals surface area (Å²) in [5, 5.41) is 5.19. The Hall–Kier alpha value is -3.36. The van der Waals surface area contributed by atoms with Crippen molar-refractivity contribution in [1.29, 1.82) is 0 Å². The highest BCUT2D eigenvalue weighted by atomic mass is 19.3. The molecule has 2 aromatic heterocycles. The Morgan fingerprint density at radius 2 is 1.85 bits per heavy atom. The number of hydrogen-bond donors (Lipinski definition) is 0. The zero-order valence-corrected chi connectivity index (χ0v) is 18.5. The van der Waals surface area contributed by atoms with Gasteiger partial charge in [0.05, 0.1) is 0 Å². The maximum atomic E-state index is 13.6. The predicted molar refractivity (Wildman–Crippen MR) is 116 cm³/mol. The van der Waals surface area contributed by atoms with Crippen molar-refractivity contribution >= 4 is 16.6 Å². The minimum atomic E-state index is -3.72. The van der Waals surface area contributed by atoms with E-state index in [1.54, 1.807) is 23.6 Å². The van der Waals surface area contributed by atoms with Gasteiger partial charge in [0.25, 0.3) is 0 Å². The molecule has 2 aromatic carbocycles. The molecule has 6 nitrogen and oxygen atoms in total. The molecule has 4 aromatic rings. The van der Waals surface area contributed by atoms with Crippen LogP contribution in [0.5, 0.6) is 11.5 Å². The van der Waals surface area contributed by atoms with Crippen LogP contribution >= 0.6 is 0 Å². The van der Waals surface area contributed by atoms with Crippen molar-refractivity contribution in [2.45, 2.75) is 52.7 Å². The highest BCUT2D eigenvalue weighted by Crippen LogP contribution is 2.45. The lowest BCUT2D eigenvalue weighted by Crippen LogP contribution is -2.26. The predicted octanol–water partition coefficient (Wildman–Crippen LogP) is 5.42. The van der Waals surface area contributed by atoms with E-state index in [1.165, 1.54) is 12.1 Å². The van der Waals surface area contributed by atoms with E-state index in [1.807, 2.05) is 13.0 Å². The smallest absolute Gasteiger partial charge is 0.395 e. The van der Waals surface area contributed by atoms with Crippen molar-refractivity contribution in [2.75, 3.05) is 0 Å². The highest BCUT2D eigenvalue weighted by molar-refractivity contribution is 5.96. The lowest BCUT2D eigenvalue weighted by molar-refractivity contribution is -0.286. The molecule has 1 atom stereocenters. The van der Waals surface area contributed by atoms with E-state index in [-0.39, 0.29) is 28.8 Å². The molecule has 0 fully saturated rings. The second-order valence-corrected chi connectivity index (χ2v) is 8.33. The third-order valence-electron chi connectivity index (χ3n) is 6.12. The number of rotatable bonds is 6. The zero-order valence-electron chi connectivity index (χ0n) is 18.5. The van der Waals surface area contributed by atoms with E-state index in [9.17, 15) is 13.2 Å². The highest BCUT2D eigenvalue weighted by Gasteiger charge is 2.44. The molecule has 33 heavy (non-hydrogen) atoms. The van der Waals surface area contributed by atoms with E-state index in [4.69, 9.17) is 9.72 Å². The molecular formula is C24H23F3N4O2. The van der Waals surface area contributed by atoms with Gasteiger partial charge < -0.3 is 9.47 Å². The summed E-state index contributed by atoms with van der Waals surface area (Å²) in [5.74, 6) is 1.03. The third kappa shape index (κ3) is 3.85. The molecule has 1 aliphatic rings. The molecule has 0 saturated carbocycles. The number of fused-ring (bicyclic) bond motifs is 5. The van der Waals surface area contributed by atoms with Gasteiger partial charge in [0.1, 0.15) is 17.2 Å². The van der Waals surface area contributed by atoms with Crippen LogP contribution in [0.3, 0.4) is 0 Å². The van der Waals surface area contributed by atoms with Gasteiger partial charge in [0.15, 0.2) is 23.0 Å². The Labute approximate surface area is 188 Å². The quantitative estimate of drug-likeness (QED) is 0.388. The van der Waals surface area contributed by atoms with Gasteiger partial charge in [-0.3, -0.25) is 0 Å². The van der Waals surface area contributed by atoms with Gasteiger partial charge in [-0.2, -0.15) is 4.52 Å². The zero-order chi connectivity index (χ0) is 23.3. The topological polar surface area (TPSA) is 61.5 Å². The van der Waals surface area contributed by atoms with Gasteiger partial charge in [-0.05, 0) is 61.1 Å². The largest absolute Gasteiger partial charge is 0.586 e. The molecule has 0 saturated heterocycles. The minimum absolute atomic E-state index is 0.0550. The monoisotopic (exact) mass is 456 g/mol. The fourth-order valence-electron chi connectivity index (χ4n) is 4.39. The second-order valence-electron chi connectivity index (χ2n) is 8.33. The van der Waals surface area contributed by atoms with Crippen LogP contribution in [0.15, 0.2) is 30.3 Å². The molecule has 1 unspecified atom stereocenters. The SMILES string of the molecule is CCc1cc(F)ccc1CC(CC)Cc1nc2c3ccc4c(c3nc(C)n2n1)OC(F)(F)O4. The summed E-state index contributed by atoms with van der Waals surface area (Å²) >= 11 is 0. The van der Waals surface area contributed by atoms with E-state index >= 15 is 0 Å². The van der Waals surface area contributed by atoms with Crippen LogP contribution in [0.1, 0.15) is 43.0 Å². The summed E-state index contributed by atoms with van der Waals surface area (Å²) in [5.41, 5.74) is 2.93. The Kier molecular flexibility index (Phi) is 5.14. The maximum Gasteiger partial charge on any atom is 0.586 e. The Balaban J connectivity index is 1.49. The minimum Gasteiger partial charge on any atom is -0.395 e. The number of aryl methyl sites for hydroxylation is 2. The number of alkyl halides is 2. The fourth-order valence-corrected chi connectivity index (χ4v) is 4.39. The lowest BCUT2D eigenvalue weighted by Gasteiger charge is -2.15. The average molecular weight is 456 g/mol. The van der Waals surface area contributed by atoms with Crippen molar-refractivity contribution in [2.24, 2.45) is 5.92 Å². The summed E-state index contributed by atoms with van der Waals surface area (Å²) in [6, 6.07) is 8.02. The van der Waals surface area contributed by atoms with Crippen LogP contribution in [0, 0.1) is 18.7 Å². The average Bonchev–Trinajstić information content (AvgIpc) is 3.34. The first kappa shape index (κ1) is 21.5. The number of hydrogen-bond acceptors (Lipinski definition) is 5. The van der Waals surface area contributed by atoms with Crippen molar-refractivity contribution < 1.29 is 22.6 Å². The van der Waals surface area contributed by atoms with Crippen LogP contribution in [-0.4, -0.2) is 25.9 Å². The molecule has 0 aliphatic carbocycles. The van der Waals surface area contributed by atoms with E-state index in [2.05, 4.69) is 21.7 Å². The summed E-state index contributed by atoms with van der Waals surface area (Å²) in [4.78, 5) is 9.16. The van der Waals surface area contributed by atoms with Gasteiger partial charge in [-0.1, -0.05) is 26.3 Å². The van der Waals surface area contributed by atoms with Gasteiger partial charge in [0, 0.05) is 11.8 Å². The fraction of sp³-hybridized carbons (Fsp3) is 0.375. The number of aromatic nitrogens is 4. The van der Waals surface area contributed by atoms with Crippen LogP contribution in [0.25, 0.3) is 16.6 Å². The van der Waals surface area contributed by atoms with Crippen LogP contribution < -0.4 is 9.47 Å². The molecule has 172 valence electrons. The summed E-state index contributed by atoms with van der Waals surface area (Å²) in [6.45, 7) is 5.87. The summed E-state index contributed by atoms with van der Waals surface area (Å²) in [7, 11) is 0. The normalized spacial score (nSPS) is 15.5. The Morgan fingerprint density at radius 3 is 2.61 bits per heavy atom. The van der Waals surface area contributed by atoms with E-state index in [0.29, 0.717) is 29.1 Å². The Morgan fingerprint density at radius 1 is 1.03 bits per heavy atom. The van der Waals surface area contributed by atoms with Crippen LogP contribution in [0.4, 0.5) is 13.2 Å². The van der Waals surface area contributed by atoms with E-state index < -0.39 is 6.29 Å². The summed E-state index contributed by atoms with van der Waals surface area (Å²) < 4.78 is 51.7. The first-order valence-electron chi connectivity index (χ1n) is 11.0. The molecular weight excluding hydrogens is 433 g/mol. The second kappa shape index (κ2) is 7.90. The molecule has 0 N–H and O–H groups in total. The van der Waals surface area contributed by atoms with Gasteiger partial charge in [-0.15, -0.1) is 13.9 Å². The molecule has 0 radical (unpaired) electrons. The Bertz CT molecular complexity index is 1370. The van der Waals surface area contributed by atoms with Crippen molar-refractivity contribution in [3.8, 4) is 11.5 Å². The number of benzene rings is 2. The maximum absolute atomic E-state index is 13.6. The first-order valence-corrected chi connectivity index (χ1v) is 11.0. The van der Waals surface area contributed by atoms with Gasteiger partial charge in [-0.25, -0.2) is 14.4 Å². The molecule has 0 spiro atoms. The van der Waals surface area contributed by atoms with Crippen molar-refractivity contribution in [3.63, 3.8) is 0 Å². The molecule has 9 heteroatoms. The third-order valence-corrected chi connectivity index (χ3v) is 6.12. The molecule has 5 rings (SSSR count). The first-order chi connectivity index (χ1) is 15.8. The molecule has 1 aliphatic heterocycles. The summed E-state index contributed by atoms with van der Waals surface area (Å²) in [6.07, 6.45) is -0.628. The van der Waals surface area contributed by atoms with Crippen LogP contribution in [-0.2, 0) is 19.3 Å². The van der Waals surface area contributed by atoms with E-state index in [0.717, 1.165) is 30.4 Å². The van der Waals surface area contributed by atoms with Gasteiger partial charge >= 0.3 is 6.29 Å². The molecule has 0 bridgehead atoms. The van der Waals surface area contributed by atoms with Crippen molar-refractivity contribution in [3.05, 3.63) is 58.9 Å². The number of ether oxygens (including phenoxy) is 2.